The molecule has 0 atom stereocenters. The lowest BCUT2D eigenvalue weighted by Crippen LogP contribution is -2.34. The van der Waals surface area contributed by atoms with Crippen molar-refractivity contribution < 1.29 is 14.0 Å². The Bertz CT molecular complexity index is 102. The van der Waals surface area contributed by atoms with Gasteiger partial charge in [0.05, 0.1) is 0 Å². The van der Waals surface area contributed by atoms with E-state index in [1.165, 1.54) is 0 Å². The van der Waals surface area contributed by atoms with Gasteiger partial charge >= 0.3 is 7.32 Å². The number of hydrogen-bond acceptors (Lipinski definition) is 3. The standard InChI is InChI=1S/C9H22BO3/c1-7(2)11-10(12-8(3)4)13-9(5)6/h7-10H,1-6H3/q-1. The Balaban J connectivity index is 3.87. The molecule has 13 heavy (non-hydrogen) atoms. The van der Waals surface area contributed by atoms with Crippen molar-refractivity contribution in [2.24, 2.45) is 0 Å². The van der Waals surface area contributed by atoms with E-state index in [-0.39, 0.29) is 18.3 Å². The Kier molecular flexibility index (Phi) is 6.38. The average Bonchev–Trinajstić information content (AvgIpc) is 1.80. The predicted molar refractivity (Wildman–Crippen MR) is 55.8 cm³/mol. The molecule has 0 aliphatic carbocycles. The third kappa shape index (κ3) is 8.28. The zero-order valence-corrected chi connectivity index (χ0v) is 9.66. The normalized spacial score (nSPS) is 12.5. The summed E-state index contributed by atoms with van der Waals surface area (Å²) in [7, 11) is -1.36. The Morgan fingerprint density at radius 3 is 1.00 bits per heavy atom. The maximum absolute atomic E-state index is 5.51. The first kappa shape index (κ1) is 12.9. The van der Waals surface area contributed by atoms with Crippen LogP contribution in [0.25, 0.3) is 0 Å². The van der Waals surface area contributed by atoms with Crippen LogP contribution in [-0.2, 0) is 14.0 Å². The van der Waals surface area contributed by atoms with Crippen molar-refractivity contribution in [2.45, 2.75) is 59.9 Å². The lowest BCUT2D eigenvalue weighted by Gasteiger charge is -2.33. The topological polar surface area (TPSA) is 27.7 Å². The van der Waals surface area contributed by atoms with E-state index >= 15 is 0 Å². The molecule has 0 aromatic carbocycles. The molecule has 0 rings (SSSR count). The molecule has 0 unspecified atom stereocenters. The molecule has 0 N–H and O–H groups in total. The third-order valence-electron chi connectivity index (χ3n) is 1.41. The summed E-state index contributed by atoms with van der Waals surface area (Å²) < 4.78 is 16.5. The Morgan fingerprint density at radius 2 is 0.846 bits per heavy atom. The monoisotopic (exact) mass is 189 g/mol. The molecule has 0 bridgehead atoms. The van der Waals surface area contributed by atoms with Crippen molar-refractivity contribution in [1.29, 1.82) is 0 Å². The molecule has 0 fully saturated rings. The first-order chi connectivity index (χ1) is 5.91. The molecule has 4 heteroatoms. The Labute approximate surface area is 81.9 Å². The van der Waals surface area contributed by atoms with E-state index in [1.54, 1.807) is 0 Å². The zero-order chi connectivity index (χ0) is 10.4. The summed E-state index contributed by atoms with van der Waals surface area (Å²) in [6.45, 7) is 11.9. The fourth-order valence-electron chi connectivity index (χ4n) is 0.934. The summed E-state index contributed by atoms with van der Waals surface area (Å²) >= 11 is 0. The molecular weight excluding hydrogens is 167 g/mol. The second kappa shape index (κ2) is 6.41. The molecule has 0 spiro atoms. The Hall–Kier alpha value is -0.0551. The van der Waals surface area contributed by atoms with Gasteiger partial charge in [-0.3, -0.25) is 0 Å². The molecular formula is C9H22BO3-. The molecule has 0 aromatic heterocycles. The van der Waals surface area contributed by atoms with Crippen LogP contribution in [0.3, 0.4) is 0 Å². The first-order valence-electron chi connectivity index (χ1n) is 5.04. The van der Waals surface area contributed by atoms with Gasteiger partial charge < -0.3 is 14.0 Å². The molecule has 0 heterocycles. The van der Waals surface area contributed by atoms with Crippen LogP contribution in [0, 0.1) is 0 Å². The van der Waals surface area contributed by atoms with Crippen LogP contribution in [0.5, 0.6) is 0 Å². The van der Waals surface area contributed by atoms with Crippen molar-refractivity contribution in [1.82, 2.24) is 0 Å². The van der Waals surface area contributed by atoms with E-state index in [2.05, 4.69) is 0 Å². The van der Waals surface area contributed by atoms with Gasteiger partial charge in [0, 0.05) is 18.3 Å². The van der Waals surface area contributed by atoms with Crippen LogP contribution in [0.4, 0.5) is 0 Å². The summed E-state index contributed by atoms with van der Waals surface area (Å²) in [5, 5.41) is 0. The lowest BCUT2D eigenvalue weighted by atomic mass is 10.2. The van der Waals surface area contributed by atoms with Crippen molar-refractivity contribution >= 4 is 7.32 Å². The van der Waals surface area contributed by atoms with Crippen molar-refractivity contribution in [3.63, 3.8) is 0 Å². The molecule has 0 saturated carbocycles. The fourth-order valence-corrected chi connectivity index (χ4v) is 0.934. The lowest BCUT2D eigenvalue weighted by molar-refractivity contribution is 0.0335. The highest BCUT2D eigenvalue weighted by atomic mass is 16.7. The minimum absolute atomic E-state index is 0.150. The highest BCUT2D eigenvalue weighted by molar-refractivity contribution is 6.36. The highest BCUT2D eigenvalue weighted by Gasteiger charge is 2.09. The van der Waals surface area contributed by atoms with Crippen LogP contribution in [0.15, 0.2) is 0 Å². The Morgan fingerprint density at radius 1 is 0.615 bits per heavy atom. The SMILES string of the molecule is CC(C)O[BH-](OC(C)C)OC(C)C. The van der Waals surface area contributed by atoms with Gasteiger partial charge in [0.25, 0.3) is 0 Å². The molecule has 0 aliphatic rings. The van der Waals surface area contributed by atoms with Crippen LogP contribution in [0.2, 0.25) is 0 Å². The molecule has 0 aliphatic heterocycles. The average molecular weight is 189 g/mol. The highest BCUT2D eigenvalue weighted by Crippen LogP contribution is 2.04. The van der Waals surface area contributed by atoms with Crippen molar-refractivity contribution in [3.05, 3.63) is 0 Å². The second-order valence-corrected chi connectivity index (χ2v) is 4.00. The maximum atomic E-state index is 5.51. The molecule has 80 valence electrons. The van der Waals surface area contributed by atoms with Gasteiger partial charge in [-0.1, -0.05) is 0 Å². The van der Waals surface area contributed by atoms with Gasteiger partial charge in [-0.25, -0.2) is 0 Å². The summed E-state index contributed by atoms with van der Waals surface area (Å²) in [5.41, 5.74) is 0. The summed E-state index contributed by atoms with van der Waals surface area (Å²) in [5.74, 6) is 0. The van der Waals surface area contributed by atoms with Gasteiger partial charge in [-0.15, -0.1) is 0 Å². The molecule has 3 nitrogen and oxygen atoms in total. The van der Waals surface area contributed by atoms with E-state index in [0.717, 1.165) is 0 Å². The molecule has 0 radical (unpaired) electrons. The fraction of sp³-hybridized carbons (Fsp3) is 1.00. The maximum Gasteiger partial charge on any atom is 0.365 e. The van der Waals surface area contributed by atoms with Crippen LogP contribution in [0.1, 0.15) is 41.5 Å². The van der Waals surface area contributed by atoms with Crippen molar-refractivity contribution in [3.8, 4) is 0 Å². The first-order valence-corrected chi connectivity index (χ1v) is 5.04. The predicted octanol–water partition coefficient (Wildman–Crippen LogP) is 1.98. The minimum atomic E-state index is -1.36. The van der Waals surface area contributed by atoms with E-state index in [0.29, 0.717) is 0 Å². The van der Waals surface area contributed by atoms with Gasteiger partial charge in [-0.2, -0.15) is 0 Å². The number of hydrogen-bond donors (Lipinski definition) is 0. The van der Waals surface area contributed by atoms with E-state index < -0.39 is 7.32 Å². The summed E-state index contributed by atoms with van der Waals surface area (Å²) in [6.07, 6.45) is 0.451. The minimum Gasteiger partial charge on any atom is -0.545 e. The van der Waals surface area contributed by atoms with Gasteiger partial charge in [0.2, 0.25) is 0 Å². The zero-order valence-electron chi connectivity index (χ0n) is 9.66. The van der Waals surface area contributed by atoms with E-state index in [9.17, 15) is 0 Å². The summed E-state index contributed by atoms with van der Waals surface area (Å²) in [6, 6.07) is 0. The van der Waals surface area contributed by atoms with Gasteiger partial charge in [0.15, 0.2) is 0 Å². The van der Waals surface area contributed by atoms with Gasteiger partial charge in [-0.05, 0) is 41.5 Å². The molecule has 0 saturated heterocycles. The van der Waals surface area contributed by atoms with Crippen molar-refractivity contribution in [2.75, 3.05) is 0 Å². The van der Waals surface area contributed by atoms with Crippen LogP contribution < -0.4 is 0 Å². The quantitative estimate of drug-likeness (QED) is 0.598. The molecule has 0 aromatic rings. The second-order valence-electron chi connectivity index (χ2n) is 4.00. The van der Waals surface area contributed by atoms with E-state index in [4.69, 9.17) is 14.0 Å². The van der Waals surface area contributed by atoms with Gasteiger partial charge in [0.1, 0.15) is 0 Å². The summed E-state index contributed by atoms with van der Waals surface area (Å²) in [4.78, 5) is 0. The van der Waals surface area contributed by atoms with E-state index in [1.807, 2.05) is 41.5 Å². The van der Waals surface area contributed by atoms with Crippen LogP contribution in [-0.4, -0.2) is 25.6 Å². The smallest absolute Gasteiger partial charge is 0.365 e. The third-order valence-corrected chi connectivity index (χ3v) is 1.41. The largest absolute Gasteiger partial charge is 0.545 e. The van der Waals surface area contributed by atoms with Crippen LogP contribution >= 0.6 is 0 Å². The molecule has 0 amide bonds. The number of rotatable bonds is 6.